The van der Waals surface area contributed by atoms with Gasteiger partial charge >= 0.3 is 12.1 Å². The number of nitrogens with zero attached hydrogens (tertiary/aromatic N) is 2. The second-order valence-electron chi connectivity index (χ2n) is 8.86. The van der Waals surface area contributed by atoms with E-state index >= 15 is 0 Å². The molecule has 0 saturated carbocycles. The van der Waals surface area contributed by atoms with Crippen molar-refractivity contribution in [1.29, 1.82) is 0 Å². The van der Waals surface area contributed by atoms with E-state index in [9.17, 15) is 18.0 Å². The zero-order valence-corrected chi connectivity index (χ0v) is 22.7. The maximum atomic E-state index is 13.0. The van der Waals surface area contributed by atoms with Crippen LogP contribution in [0.25, 0.3) is 10.6 Å². The van der Waals surface area contributed by atoms with E-state index in [0.29, 0.717) is 48.3 Å². The number of thiazole rings is 1. The molecule has 4 rings (SSSR count). The van der Waals surface area contributed by atoms with Crippen LogP contribution >= 0.6 is 23.1 Å². The average molecular weight is 567 g/mol. The zero-order valence-electron chi connectivity index (χ0n) is 21.1. The van der Waals surface area contributed by atoms with Gasteiger partial charge in [-0.3, -0.25) is 4.90 Å². The second-order valence-corrected chi connectivity index (χ2v) is 11.0. The number of rotatable bonds is 10. The van der Waals surface area contributed by atoms with Crippen molar-refractivity contribution >= 4 is 29.1 Å². The summed E-state index contributed by atoms with van der Waals surface area (Å²) in [6.45, 7) is 7.06. The number of benzene rings is 2. The molecule has 38 heavy (non-hydrogen) atoms. The Kier molecular flexibility index (Phi) is 9.35. The summed E-state index contributed by atoms with van der Waals surface area (Å²) in [5.74, 6) is 0.182. The Bertz CT molecular complexity index is 1240. The highest BCUT2D eigenvalue weighted by Crippen LogP contribution is 2.36. The largest absolute Gasteiger partial charge is 0.479 e. The van der Waals surface area contributed by atoms with Gasteiger partial charge in [0, 0.05) is 40.7 Å². The third kappa shape index (κ3) is 7.28. The molecule has 1 N–H and O–H groups in total. The Hall–Kier alpha value is -2.60. The molecule has 1 atom stereocenters. The Morgan fingerprint density at radius 3 is 2.55 bits per heavy atom. The van der Waals surface area contributed by atoms with Crippen molar-refractivity contribution in [3.63, 3.8) is 0 Å². The fourth-order valence-corrected chi connectivity index (χ4v) is 6.08. The lowest BCUT2D eigenvalue weighted by atomic mass is 10.1. The second kappa shape index (κ2) is 12.5. The summed E-state index contributed by atoms with van der Waals surface area (Å²) in [5, 5.41) is 9.85. The van der Waals surface area contributed by atoms with Crippen LogP contribution < -0.4 is 4.74 Å². The highest BCUT2D eigenvalue weighted by atomic mass is 32.2. The number of carbonyl (C=O) groups is 1. The summed E-state index contributed by atoms with van der Waals surface area (Å²) in [4.78, 5) is 20.4. The minimum absolute atomic E-state index is 0.558. The van der Waals surface area contributed by atoms with E-state index in [-0.39, 0.29) is 0 Å². The number of alkyl halides is 3. The SMILES string of the molecule is CCc1cc(SCc2sc(-c3ccc(C(F)(F)F)cc3)nc2CN2CCOCC2)ccc1OC(C)C(=O)O. The van der Waals surface area contributed by atoms with Gasteiger partial charge in [0.05, 0.1) is 24.5 Å². The number of hydrogen-bond donors (Lipinski definition) is 1. The quantitative estimate of drug-likeness (QED) is 0.286. The number of aromatic nitrogens is 1. The molecule has 1 fully saturated rings. The van der Waals surface area contributed by atoms with Gasteiger partial charge in [0.15, 0.2) is 6.10 Å². The summed E-state index contributed by atoms with van der Waals surface area (Å²) >= 11 is 3.13. The first-order chi connectivity index (χ1) is 18.1. The lowest BCUT2D eigenvalue weighted by Crippen LogP contribution is -2.35. The minimum atomic E-state index is -4.38. The number of thioether (sulfide) groups is 1. The maximum absolute atomic E-state index is 13.0. The number of aliphatic carboxylic acids is 1. The van der Waals surface area contributed by atoms with Gasteiger partial charge in [0.1, 0.15) is 10.8 Å². The fourth-order valence-electron chi connectivity index (χ4n) is 3.94. The van der Waals surface area contributed by atoms with Crippen molar-refractivity contribution in [3.8, 4) is 16.3 Å². The fraction of sp³-hybridized carbons (Fsp3) is 0.407. The zero-order chi connectivity index (χ0) is 27.3. The van der Waals surface area contributed by atoms with Crippen LogP contribution in [0.2, 0.25) is 0 Å². The molecule has 2 heterocycles. The van der Waals surface area contributed by atoms with Crippen LogP contribution in [0.4, 0.5) is 13.2 Å². The van der Waals surface area contributed by atoms with Crippen molar-refractivity contribution in [3.05, 3.63) is 64.2 Å². The van der Waals surface area contributed by atoms with Crippen molar-refractivity contribution in [2.45, 2.75) is 49.7 Å². The molecule has 6 nitrogen and oxygen atoms in total. The number of halogens is 3. The lowest BCUT2D eigenvalue weighted by molar-refractivity contribution is -0.144. The molecular formula is C27H29F3N2O4S2. The predicted octanol–water partition coefficient (Wildman–Crippen LogP) is 6.37. The predicted molar refractivity (Wildman–Crippen MR) is 142 cm³/mol. The minimum Gasteiger partial charge on any atom is -0.479 e. The first-order valence-electron chi connectivity index (χ1n) is 12.3. The molecule has 0 amide bonds. The van der Waals surface area contributed by atoms with E-state index in [1.807, 2.05) is 19.1 Å². The summed E-state index contributed by atoms with van der Waals surface area (Å²) in [5.41, 5.74) is 1.82. The third-order valence-corrected chi connectivity index (χ3v) is 8.50. The van der Waals surface area contributed by atoms with Gasteiger partial charge in [-0.05, 0) is 49.2 Å². The average Bonchev–Trinajstić information content (AvgIpc) is 3.30. The number of carboxylic acid groups (broad SMARTS) is 1. The number of morpholine rings is 1. The van der Waals surface area contributed by atoms with Crippen molar-refractivity contribution in [1.82, 2.24) is 9.88 Å². The van der Waals surface area contributed by atoms with E-state index in [1.54, 1.807) is 17.8 Å². The maximum Gasteiger partial charge on any atom is 0.416 e. The van der Waals surface area contributed by atoms with E-state index < -0.39 is 23.8 Å². The van der Waals surface area contributed by atoms with Crippen molar-refractivity contribution in [2.75, 3.05) is 26.3 Å². The van der Waals surface area contributed by atoms with Gasteiger partial charge in [-0.2, -0.15) is 13.2 Å². The normalized spacial score (nSPS) is 15.4. The van der Waals surface area contributed by atoms with Gasteiger partial charge in [0.2, 0.25) is 0 Å². The van der Waals surface area contributed by atoms with Crippen molar-refractivity contribution < 1.29 is 32.5 Å². The van der Waals surface area contributed by atoms with E-state index in [2.05, 4.69) is 4.90 Å². The number of carboxylic acids is 1. The summed E-state index contributed by atoms with van der Waals surface area (Å²) in [7, 11) is 0. The van der Waals surface area contributed by atoms with Crippen LogP contribution in [0.15, 0.2) is 47.4 Å². The van der Waals surface area contributed by atoms with Gasteiger partial charge < -0.3 is 14.6 Å². The summed E-state index contributed by atoms with van der Waals surface area (Å²) < 4.78 is 50.1. The molecule has 1 saturated heterocycles. The third-order valence-electron chi connectivity index (χ3n) is 6.15. The summed E-state index contributed by atoms with van der Waals surface area (Å²) in [6, 6.07) is 10.8. The van der Waals surface area contributed by atoms with Gasteiger partial charge in [-0.25, -0.2) is 9.78 Å². The van der Waals surface area contributed by atoms with Crippen LogP contribution in [0.3, 0.4) is 0 Å². The standard InChI is InChI=1S/C27H29F3N2O4S2/c1-3-18-14-21(8-9-23(18)36-17(2)26(33)34)37-16-24-22(15-32-10-12-35-13-11-32)31-25(38-24)19-4-6-20(7-5-19)27(28,29)30/h4-9,14,17H,3,10-13,15-16H2,1-2H3,(H,33,34). The summed E-state index contributed by atoms with van der Waals surface area (Å²) in [6.07, 6.45) is -4.63. The van der Waals surface area contributed by atoms with Gasteiger partial charge in [0.25, 0.3) is 0 Å². The molecule has 11 heteroatoms. The molecule has 1 aliphatic rings. The monoisotopic (exact) mass is 566 g/mol. The number of ether oxygens (including phenoxy) is 2. The van der Waals surface area contributed by atoms with Gasteiger partial charge in [-0.1, -0.05) is 19.1 Å². The molecule has 204 valence electrons. The molecule has 1 aromatic heterocycles. The number of hydrogen-bond acceptors (Lipinski definition) is 7. The molecule has 2 aromatic carbocycles. The number of aryl methyl sites for hydroxylation is 1. The van der Waals surface area contributed by atoms with Gasteiger partial charge in [-0.15, -0.1) is 23.1 Å². The molecule has 0 aliphatic carbocycles. The lowest BCUT2D eigenvalue weighted by Gasteiger charge is -2.26. The Morgan fingerprint density at radius 1 is 1.21 bits per heavy atom. The molecule has 3 aromatic rings. The Balaban J connectivity index is 1.55. The van der Waals surface area contributed by atoms with Crippen LogP contribution in [-0.2, 0) is 34.4 Å². The topological polar surface area (TPSA) is 71.9 Å². The molecule has 0 radical (unpaired) electrons. The van der Waals surface area contributed by atoms with Crippen LogP contribution in [0.5, 0.6) is 5.75 Å². The van der Waals surface area contributed by atoms with E-state index in [4.69, 9.17) is 19.6 Å². The highest BCUT2D eigenvalue weighted by Gasteiger charge is 2.30. The van der Waals surface area contributed by atoms with E-state index in [0.717, 1.165) is 46.3 Å². The molecule has 1 unspecified atom stereocenters. The molecular weight excluding hydrogens is 537 g/mol. The van der Waals surface area contributed by atoms with Crippen LogP contribution in [0, 0.1) is 0 Å². The van der Waals surface area contributed by atoms with Crippen LogP contribution in [-0.4, -0.2) is 53.4 Å². The molecule has 0 bridgehead atoms. The molecule has 1 aliphatic heterocycles. The molecule has 0 spiro atoms. The smallest absolute Gasteiger partial charge is 0.416 e. The first kappa shape index (κ1) is 28.4. The Morgan fingerprint density at radius 2 is 1.92 bits per heavy atom. The van der Waals surface area contributed by atoms with Crippen molar-refractivity contribution in [2.24, 2.45) is 0 Å². The van der Waals surface area contributed by atoms with E-state index in [1.165, 1.54) is 30.4 Å². The Labute approximate surface area is 227 Å². The highest BCUT2D eigenvalue weighted by molar-refractivity contribution is 7.98. The van der Waals surface area contributed by atoms with Crippen LogP contribution in [0.1, 0.15) is 35.5 Å². The first-order valence-corrected chi connectivity index (χ1v) is 14.1.